The molecular weight excluding hydrogens is 257 g/mol. The molecule has 3 rings (SSSR count). The number of aliphatic imine (C=N–C) groups is 1. The Morgan fingerprint density at radius 2 is 1.78 bits per heavy atom. The van der Waals surface area contributed by atoms with Crippen LogP contribution >= 0.6 is 7.92 Å². The SMILES string of the molecule is C[Si]12CCCP(CCC1)C(=Nc1ccccc1)O2. The molecule has 2 bridgehead atoms. The lowest BCUT2D eigenvalue weighted by Crippen LogP contribution is -2.33. The van der Waals surface area contributed by atoms with Crippen molar-refractivity contribution in [2.24, 2.45) is 4.99 Å². The van der Waals surface area contributed by atoms with Gasteiger partial charge in [-0.3, -0.25) is 0 Å². The van der Waals surface area contributed by atoms with E-state index < -0.39 is 8.32 Å². The number of hydrogen-bond donors (Lipinski definition) is 0. The van der Waals surface area contributed by atoms with E-state index in [1.54, 1.807) is 0 Å². The Balaban J connectivity index is 1.93. The first-order valence-electron chi connectivity index (χ1n) is 6.83. The zero-order valence-corrected chi connectivity index (χ0v) is 12.8. The topological polar surface area (TPSA) is 21.6 Å². The molecule has 2 nitrogen and oxygen atoms in total. The highest BCUT2D eigenvalue weighted by atomic mass is 31.1. The van der Waals surface area contributed by atoms with Gasteiger partial charge >= 0.3 is 0 Å². The summed E-state index contributed by atoms with van der Waals surface area (Å²) in [6, 6.07) is 13.0. The van der Waals surface area contributed by atoms with Crippen molar-refractivity contribution < 1.29 is 4.43 Å². The fraction of sp³-hybridized carbons (Fsp3) is 0.500. The zero-order chi connectivity index (χ0) is 12.4. The van der Waals surface area contributed by atoms with Crippen LogP contribution in [-0.2, 0) is 4.43 Å². The van der Waals surface area contributed by atoms with Gasteiger partial charge < -0.3 is 4.43 Å². The molecule has 0 saturated carbocycles. The van der Waals surface area contributed by atoms with Gasteiger partial charge in [0.25, 0.3) is 0 Å². The number of hydrogen-bond acceptors (Lipinski definition) is 2. The van der Waals surface area contributed by atoms with E-state index in [2.05, 4.69) is 30.8 Å². The zero-order valence-electron chi connectivity index (χ0n) is 10.9. The van der Waals surface area contributed by atoms with Crippen molar-refractivity contribution in [3.63, 3.8) is 0 Å². The van der Waals surface area contributed by atoms with E-state index in [0.717, 1.165) is 11.3 Å². The molecule has 4 heteroatoms. The molecule has 1 aromatic rings. The van der Waals surface area contributed by atoms with E-state index >= 15 is 0 Å². The lowest BCUT2D eigenvalue weighted by molar-refractivity contribution is 0.547. The molecule has 2 saturated heterocycles. The van der Waals surface area contributed by atoms with Crippen LogP contribution in [0.25, 0.3) is 0 Å². The second-order valence-corrected chi connectivity index (χ2v) is 11.9. The van der Waals surface area contributed by atoms with Crippen LogP contribution < -0.4 is 0 Å². The molecule has 0 aromatic heterocycles. The summed E-state index contributed by atoms with van der Waals surface area (Å²) in [7, 11) is -1.59. The number of nitrogens with zero attached hydrogens (tertiary/aromatic N) is 1. The molecule has 2 fully saturated rings. The van der Waals surface area contributed by atoms with Gasteiger partial charge in [-0.05, 0) is 63.9 Å². The van der Waals surface area contributed by atoms with E-state index in [9.17, 15) is 0 Å². The molecule has 0 radical (unpaired) electrons. The van der Waals surface area contributed by atoms with Gasteiger partial charge in [-0.2, -0.15) is 0 Å². The third-order valence-corrected chi connectivity index (χ3v) is 9.98. The van der Waals surface area contributed by atoms with Gasteiger partial charge in [-0.25, -0.2) is 4.99 Å². The van der Waals surface area contributed by atoms with Crippen molar-refractivity contribution in [2.45, 2.75) is 31.5 Å². The molecule has 0 N–H and O–H groups in total. The molecule has 1 aromatic carbocycles. The van der Waals surface area contributed by atoms with Crippen molar-refractivity contribution in [3.8, 4) is 0 Å². The minimum Gasteiger partial charge on any atom is -0.531 e. The standard InChI is InChI=1S/C14H20NOPSi/c1-18-11-5-9-17(10-6-12-18)14(16-18)15-13-7-3-2-4-8-13/h2-4,7-8H,5-6,9-12H2,1H3. The highest BCUT2D eigenvalue weighted by molar-refractivity contribution is 7.75. The Hall–Kier alpha value is -0.663. The van der Waals surface area contributed by atoms with Gasteiger partial charge in [-0.1, -0.05) is 18.2 Å². The summed E-state index contributed by atoms with van der Waals surface area (Å²) >= 11 is 0. The molecule has 0 atom stereocenters. The summed E-state index contributed by atoms with van der Waals surface area (Å²) in [5.74, 6) is 0. The van der Waals surface area contributed by atoms with E-state index in [-0.39, 0.29) is 7.92 Å². The van der Waals surface area contributed by atoms with Gasteiger partial charge in [0, 0.05) is 0 Å². The third-order valence-electron chi connectivity index (χ3n) is 3.86. The number of rotatable bonds is 1. The number of para-hydroxylation sites is 1. The summed E-state index contributed by atoms with van der Waals surface area (Å²) < 4.78 is 6.44. The van der Waals surface area contributed by atoms with E-state index in [4.69, 9.17) is 9.42 Å². The maximum Gasteiger partial charge on any atom is 0.250 e. The predicted octanol–water partition coefficient (Wildman–Crippen LogP) is 4.56. The maximum atomic E-state index is 6.44. The van der Waals surface area contributed by atoms with E-state index in [0.29, 0.717) is 0 Å². The van der Waals surface area contributed by atoms with Gasteiger partial charge in [-0.15, -0.1) is 0 Å². The molecule has 0 aliphatic carbocycles. The molecule has 18 heavy (non-hydrogen) atoms. The lowest BCUT2D eigenvalue weighted by Gasteiger charge is -2.24. The van der Waals surface area contributed by atoms with Crippen molar-refractivity contribution >= 4 is 27.6 Å². The fourth-order valence-corrected chi connectivity index (χ4v) is 9.31. The minimum atomic E-state index is -1.48. The Morgan fingerprint density at radius 3 is 2.44 bits per heavy atom. The molecule has 0 amide bonds. The number of fused-ring (bicyclic) bond motifs is 3. The van der Waals surface area contributed by atoms with Crippen LogP contribution in [0.3, 0.4) is 0 Å². The smallest absolute Gasteiger partial charge is 0.250 e. The molecule has 2 heterocycles. The van der Waals surface area contributed by atoms with Crippen molar-refractivity contribution in [3.05, 3.63) is 30.3 Å². The maximum absolute atomic E-state index is 6.44. The monoisotopic (exact) mass is 277 g/mol. The number of benzene rings is 1. The highest BCUT2D eigenvalue weighted by Gasteiger charge is 2.39. The van der Waals surface area contributed by atoms with Gasteiger partial charge in [0.1, 0.15) is 0 Å². The average Bonchev–Trinajstić information content (AvgIpc) is 2.58. The van der Waals surface area contributed by atoms with Crippen LogP contribution in [0.2, 0.25) is 18.6 Å². The largest absolute Gasteiger partial charge is 0.531 e. The van der Waals surface area contributed by atoms with E-state index in [1.807, 2.05) is 6.07 Å². The predicted molar refractivity (Wildman–Crippen MR) is 81.7 cm³/mol. The van der Waals surface area contributed by atoms with Gasteiger partial charge in [0.15, 0.2) is 5.64 Å². The minimum absolute atomic E-state index is 0.113. The van der Waals surface area contributed by atoms with Crippen molar-refractivity contribution in [2.75, 3.05) is 12.3 Å². The van der Waals surface area contributed by atoms with Crippen LogP contribution in [0, 0.1) is 0 Å². The first kappa shape index (κ1) is 12.4. The fourth-order valence-electron chi connectivity index (χ4n) is 2.81. The first-order valence-corrected chi connectivity index (χ1v) is 11.4. The molecule has 0 spiro atoms. The molecular formula is C14H20NOPSi. The Kier molecular flexibility index (Phi) is 3.54. The van der Waals surface area contributed by atoms with Gasteiger partial charge in [0.2, 0.25) is 8.32 Å². The second kappa shape index (κ2) is 5.14. The molecule has 2 aliphatic heterocycles. The molecule has 0 unspecified atom stereocenters. The van der Waals surface area contributed by atoms with Crippen LogP contribution in [0.15, 0.2) is 35.3 Å². The molecule has 2 aliphatic rings. The summed E-state index contributed by atoms with van der Waals surface area (Å²) in [4.78, 5) is 4.82. The summed E-state index contributed by atoms with van der Waals surface area (Å²) in [5, 5.41) is 0. The Morgan fingerprint density at radius 1 is 1.11 bits per heavy atom. The Bertz CT molecular complexity index is 438. The normalized spacial score (nSPS) is 33.8. The Labute approximate surface area is 111 Å². The quantitative estimate of drug-likeness (QED) is 0.545. The third kappa shape index (κ3) is 2.67. The van der Waals surface area contributed by atoms with Crippen LogP contribution in [-0.4, -0.2) is 26.3 Å². The lowest BCUT2D eigenvalue weighted by atomic mass is 10.3. The first-order chi connectivity index (χ1) is 8.75. The van der Waals surface area contributed by atoms with Crippen LogP contribution in [0.4, 0.5) is 5.69 Å². The van der Waals surface area contributed by atoms with Crippen molar-refractivity contribution in [1.29, 1.82) is 0 Å². The highest BCUT2D eigenvalue weighted by Crippen LogP contribution is 2.49. The average molecular weight is 277 g/mol. The van der Waals surface area contributed by atoms with Gasteiger partial charge in [0.05, 0.1) is 5.69 Å². The van der Waals surface area contributed by atoms with E-state index in [1.165, 1.54) is 37.3 Å². The van der Waals surface area contributed by atoms with Crippen molar-refractivity contribution in [1.82, 2.24) is 0 Å². The summed E-state index contributed by atoms with van der Waals surface area (Å²) in [6.45, 7) is 2.40. The molecule has 96 valence electrons. The second-order valence-electron chi connectivity index (χ2n) is 5.48. The summed E-state index contributed by atoms with van der Waals surface area (Å²) in [6.07, 6.45) is 5.40. The van der Waals surface area contributed by atoms with Crippen LogP contribution in [0.5, 0.6) is 0 Å². The van der Waals surface area contributed by atoms with Crippen LogP contribution in [0.1, 0.15) is 12.8 Å². The summed E-state index contributed by atoms with van der Waals surface area (Å²) in [5.41, 5.74) is 2.17.